The molecule has 0 aliphatic heterocycles. The Morgan fingerprint density at radius 3 is 2.76 bits per heavy atom. The number of benzene rings is 1. The van der Waals surface area contributed by atoms with Crippen molar-refractivity contribution in [2.45, 2.75) is 26.2 Å². The standard InChI is InChI=1S/C16H19BrN2OS/c1-10-12(7-11(17)8-13(10)18)15(20)19-9-16(2,3)14-5-4-6-21-14/h4-8H,9,18H2,1-3H3,(H,19,20). The number of hydrogen-bond acceptors (Lipinski definition) is 3. The Hall–Kier alpha value is -1.33. The Kier molecular flexibility index (Phi) is 4.74. The molecule has 1 aromatic heterocycles. The summed E-state index contributed by atoms with van der Waals surface area (Å²) in [6, 6.07) is 7.74. The van der Waals surface area contributed by atoms with Gasteiger partial charge in [-0.15, -0.1) is 11.3 Å². The van der Waals surface area contributed by atoms with Crippen LogP contribution < -0.4 is 11.1 Å². The Balaban J connectivity index is 2.13. The molecule has 3 N–H and O–H groups in total. The van der Waals surface area contributed by atoms with E-state index in [4.69, 9.17) is 5.73 Å². The monoisotopic (exact) mass is 366 g/mol. The number of rotatable bonds is 4. The van der Waals surface area contributed by atoms with Crippen LogP contribution in [0.2, 0.25) is 0 Å². The van der Waals surface area contributed by atoms with Gasteiger partial charge in [0.05, 0.1) is 0 Å². The van der Waals surface area contributed by atoms with Crippen LogP contribution in [-0.4, -0.2) is 12.5 Å². The fourth-order valence-electron chi connectivity index (χ4n) is 2.08. The van der Waals surface area contributed by atoms with Gasteiger partial charge in [0.2, 0.25) is 0 Å². The molecule has 21 heavy (non-hydrogen) atoms. The van der Waals surface area contributed by atoms with Gasteiger partial charge in [0.1, 0.15) is 0 Å². The summed E-state index contributed by atoms with van der Waals surface area (Å²) < 4.78 is 0.813. The average molecular weight is 367 g/mol. The largest absolute Gasteiger partial charge is 0.398 e. The van der Waals surface area contributed by atoms with Gasteiger partial charge in [-0.05, 0) is 36.1 Å². The SMILES string of the molecule is Cc1c(N)cc(Br)cc1C(=O)NCC(C)(C)c1cccs1. The highest BCUT2D eigenvalue weighted by Gasteiger charge is 2.23. The van der Waals surface area contributed by atoms with Crippen molar-refractivity contribution in [1.29, 1.82) is 0 Å². The lowest BCUT2D eigenvalue weighted by Gasteiger charge is -2.24. The number of halogens is 1. The fourth-order valence-corrected chi connectivity index (χ4v) is 3.41. The lowest BCUT2D eigenvalue weighted by molar-refractivity contribution is 0.0945. The second-order valence-corrected chi connectivity index (χ2v) is 7.57. The third-order valence-electron chi connectivity index (χ3n) is 3.54. The zero-order valence-electron chi connectivity index (χ0n) is 12.4. The Morgan fingerprint density at radius 1 is 1.43 bits per heavy atom. The van der Waals surface area contributed by atoms with Gasteiger partial charge < -0.3 is 11.1 Å². The topological polar surface area (TPSA) is 55.1 Å². The summed E-state index contributed by atoms with van der Waals surface area (Å²) in [6.07, 6.45) is 0. The molecule has 0 unspecified atom stereocenters. The van der Waals surface area contributed by atoms with E-state index in [-0.39, 0.29) is 11.3 Å². The molecule has 0 bridgehead atoms. The van der Waals surface area contributed by atoms with E-state index >= 15 is 0 Å². The molecule has 5 heteroatoms. The van der Waals surface area contributed by atoms with Crippen molar-refractivity contribution < 1.29 is 4.79 Å². The Bertz CT molecular complexity index is 651. The van der Waals surface area contributed by atoms with Crippen molar-refractivity contribution in [3.05, 3.63) is 50.1 Å². The number of thiophene rings is 1. The molecule has 0 radical (unpaired) electrons. The molecular formula is C16H19BrN2OS. The molecule has 2 rings (SSSR count). The van der Waals surface area contributed by atoms with Crippen molar-refractivity contribution in [3.8, 4) is 0 Å². The van der Waals surface area contributed by atoms with Gasteiger partial charge >= 0.3 is 0 Å². The van der Waals surface area contributed by atoms with Crippen LogP contribution in [0.3, 0.4) is 0 Å². The van der Waals surface area contributed by atoms with Gasteiger partial charge in [0.15, 0.2) is 0 Å². The van der Waals surface area contributed by atoms with Crippen molar-refractivity contribution in [2.75, 3.05) is 12.3 Å². The van der Waals surface area contributed by atoms with Crippen molar-refractivity contribution in [3.63, 3.8) is 0 Å². The second-order valence-electron chi connectivity index (χ2n) is 5.71. The van der Waals surface area contributed by atoms with E-state index < -0.39 is 0 Å². The summed E-state index contributed by atoms with van der Waals surface area (Å²) in [7, 11) is 0. The van der Waals surface area contributed by atoms with E-state index in [1.165, 1.54) is 4.88 Å². The zero-order valence-corrected chi connectivity index (χ0v) is 14.8. The predicted octanol–water partition coefficient (Wildman–Crippen LogP) is 4.11. The quantitative estimate of drug-likeness (QED) is 0.799. The normalized spacial score (nSPS) is 11.4. The number of nitrogen functional groups attached to an aromatic ring is 1. The molecule has 2 aromatic rings. The maximum absolute atomic E-state index is 12.4. The minimum atomic E-state index is -0.0925. The predicted molar refractivity (Wildman–Crippen MR) is 93.0 cm³/mol. The fraction of sp³-hybridized carbons (Fsp3) is 0.312. The highest BCUT2D eigenvalue weighted by atomic mass is 79.9. The Morgan fingerprint density at radius 2 is 2.14 bits per heavy atom. The minimum Gasteiger partial charge on any atom is -0.398 e. The molecule has 112 valence electrons. The number of carbonyl (C=O) groups is 1. The van der Waals surface area contributed by atoms with E-state index in [0.29, 0.717) is 17.8 Å². The summed E-state index contributed by atoms with van der Waals surface area (Å²) in [6.45, 7) is 6.70. The summed E-state index contributed by atoms with van der Waals surface area (Å²) >= 11 is 5.09. The summed E-state index contributed by atoms with van der Waals surface area (Å²) in [5.74, 6) is -0.0925. The van der Waals surface area contributed by atoms with Gasteiger partial charge in [0, 0.05) is 32.6 Å². The van der Waals surface area contributed by atoms with E-state index in [0.717, 1.165) is 10.0 Å². The summed E-state index contributed by atoms with van der Waals surface area (Å²) in [4.78, 5) is 13.7. The molecule has 0 spiro atoms. The highest BCUT2D eigenvalue weighted by molar-refractivity contribution is 9.10. The van der Waals surface area contributed by atoms with Gasteiger partial charge in [-0.1, -0.05) is 35.8 Å². The maximum atomic E-state index is 12.4. The van der Waals surface area contributed by atoms with Gasteiger partial charge in [-0.25, -0.2) is 0 Å². The number of carbonyl (C=O) groups excluding carboxylic acids is 1. The third-order valence-corrected chi connectivity index (χ3v) is 5.23. The average Bonchev–Trinajstić information content (AvgIpc) is 2.95. The third kappa shape index (κ3) is 3.66. The van der Waals surface area contributed by atoms with Crippen LogP contribution in [0.4, 0.5) is 5.69 Å². The molecule has 0 atom stereocenters. The molecule has 0 aliphatic rings. The lowest BCUT2D eigenvalue weighted by Crippen LogP contribution is -2.36. The van der Waals surface area contributed by atoms with Gasteiger partial charge in [-0.3, -0.25) is 4.79 Å². The zero-order chi connectivity index (χ0) is 15.6. The number of amides is 1. The van der Waals surface area contributed by atoms with Crippen LogP contribution in [0.5, 0.6) is 0 Å². The number of anilines is 1. The first kappa shape index (κ1) is 16.0. The van der Waals surface area contributed by atoms with Gasteiger partial charge in [-0.2, -0.15) is 0 Å². The van der Waals surface area contributed by atoms with Crippen LogP contribution in [0.15, 0.2) is 34.1 Å². The van der Waals surface area contributed by atoms with Gasteiger partial charge in [0.25, 0.3) is 5.91 Å². The van der Waals surface area contributed by atoms with Crippen molar-refractivity contribution in [1.82, 2.24) is 5.32 Å². The Labute approximate surface area is 137 Å². The van der Waals surface area contributed by atoms with E-state index in [1.807, 2.05) is 19.1 Å². The summed E-state index contributed by atoms with van der Waals surface area (Å²) in [5.41, 5.74) is 7.86. The molecule has 1 heterocycles. The minimum absolute atomic E-state index is 0.0880. The number of hydrogen-bond donors (Lipinski definition) is 2. The second kappa shape index (κ2) is 6.20. The van der Waals surface area contributed by atoms with Crippen LogP contribution in [0, 0.1) is 6.92 Å². The maximum Gasteiger partial charge on any atom is 0.251 e. The molecular weight excluding hydrogens is 348 g/mol. The molecule has 1 amide bonds. The van der Waals surface area contributed by atoms with Crippen molar-refractivity contribution in [2.24, 2.45) is 0 Å². The molecule has 1 aromatic carbocycles. The molecule has 0 aliphatic carbocycles. The van der Waals surface area contributed by atoms with E-state index in [9.17, 15) is 4.79 Å². The highest BCUT2D eigenvalue weighted by Crippen LogP contribution is 2.27. The lowest BCUT2D eigenvalue weighted by atomic mass is 9.91. The first-order valence-corrected chi connectivity index (χ1v) is 8.36. The molecule has 0 saturated carbocycles. The number of nitrogens with two attached hydrogens (primary N) is 1. The smallest absolute Gasteiger partial charge is 0.251 e. The van der Waals surface area contributed by atoms with E-state index in [1.54, 1.807) is 17.4 Å². The molecule has 0 saturated heterocycles. The van der Waals surface area contributed by atoms with Crippen LogP contribution in [0.1, 0.15) is 34.6 Å². The van der Waals surface area contributed by atoms with Crippen LogP contribution in [0.25, 0.3) is 0 Å². The van der Waals surface area contributed by atoms with E-state index in [2.05, 4.69) is 46.5 Å². The van der Waals surface area contributed by atoms with Crippen LogP contribution in [-0.2, 0) is 5.41 Å². The van der Waals surface area contributed by atoms with Crippen LogP contribution >= 0.6 is 27.3 Å². The molecule has 3 nitrogen and oxygen atoms in total. The van der Waals surface area contributed by atoms with Crippen molar-refractivity contribution >= 4 is 38.9 Å². The number of nitrogens with one attached hydrogen (secondary N) is 1. The molecule has 0 fully saturated rings. The first-order chi connectivity index (χ1) is 9.81. The first-order valence-electron chi connectivity index (χ1n) is 6.69. The summed E-state index contributed by atoms with van der Waals surface area (Å²) in [5, 5.41) is 5.07.